The second-order valence-corrected chi connectivity index (χ2v) is 13.8. The number of hydrogen-bond donors (Lipinski definition) is 1. The van der Waals surface area contributed by atoms with E-state index in [1.54, 1.807) is 0 Å². The van der Waals surface area contributed by atoms with Gasteiger partial charge < -0.3 is 15.1 Å². The Bertz CT molecular complexity index is 506. The minimum absolute atomic E-state index is 0.0336. The van der Waals surface area contributed by atoms with Crippen molar-refractivity contribution >= 4 is 14.2 Å². The first-order valence-corrected chi connectivity index (χ1v) is 11.8. The maximum Gasteiger partial charge on any atom is 0.270 e. The summed E-state index contributed by atoms with van der Waals surface area (Å²) in [5.41, 5.74) is 7.77. The van der Waals surface area contributed by atoms with Crippen molar-refractivity contribution in [3.05, 3.63) is 11.3 Å². The van der Waals surface area contributed by atoms with E-state index in [9.17, 15) is 4.79 Å². The van der Waals surface area contributed by atoms with Gasteiger partial charge in [-0.05, 0) is 48.9 Å². The van der Waals surface area contributed by atoms with Gasteiger partial charge in [0.25, 0.3) is 5.91 Å². The van der Waals surface area contributed by atoms with Gasteiger partial charge in [-0.2, -0.15) is 0 Å². The van der Waals surface area contributed by atoms with Gasteiger partial charge in [-0.1, -0.05) is 34.6 Å². The molecule has 2 heterocycles. The predicted octanol–water partition coefficient (Wildman–Crippen LogP) is 3.64. The zero-order chi connectivity index (χ0) is 17.6. The Balaban J connectivity index is 2.10. The first-order chi connectivity index (χ1) is 10.5. The van der Waals surface area contributed by atoms with E-state index in [1.807, 2.05) is 4.90 Å². The molecular weight excluding hydrogens is 304 g/mol. The summed E-state index contributed by atoms with van der Waals surface area (Å²) >= 11 is 0. The molecule has 2 aliphatic heterocycles. The van der Waals surface area contributed by atoms with E-state index in [0.29, 0.717) is 24.3 Å². The van der Waals surface area contributed by atoms with Gasteiger partial charge in [-0.15, -0.1) is 0 Å². The summed E-state index contributed by atoms with van der Waals surface area (Å²) in [5.74, 6) is 0.384. The molecule has 0 unspecified atom stereocenters. The molecule has 2 atom stereocenters. The van der Waals surface area contributed by atoms with Gasteiger partial charge in [0.05, 0.1) is 18.3 Å². The number of fused-ring (bicyclic) bond motifs is 1. The minimum atomic E-state index is -1.78. The lowest BCUT2D eigenvalue weighted by molar-refractivity contribution is -0.131. The molecule has 1 saturated heterocycles. The summed E-state index contributed by atoms with van der Waals surface area (Å²) in [4.78, 5) is 14.8. The molecule has 2 aliphatic rings. The third kappa shape index (κ3) is 3.50. The van der Waals surface area contributed by atoms with Crippen molar-refractivity contribution in [3.63, 3.8) is 0 Å². The molecule has 4 nitrogen and oxygen atoms in total. The van der Waals surface area contributed by atoms with Gasteiger partial charge in [-0.3, -0.25) is 4.79 Å². The Labute approximate surface area is 142 Å². The van der Waals surface area contributed by atoms with E-state index >= 15 is 0 Å². The topological polar surface area (TPSA) is 55.6 Å². The monoisotopic (exact) mass is 338 g/mol. The number of nitrogens with two attached hydrogens (primary N) is 1. The molecule has 0 bridgehead atoms. The van der Waals surface area contributed by atoms with Crippen LogP contribution in [0, 0.1) is 5.92 Å². The number of carbonyl (C=O) groups excluding carboxylic acids is 1. The molecule has 1 fully saturated rings. The molecule has 0 saturated carbocycles. The van der Waals surface area contributed by atoms with Crippen LogP contribution >= 0.6 is 0 Å². The van der Waals surface area contributed by atoms with Gasteiger partial charge in [-0.25, -0.2) is 0 Å². The predicted molar refractivity (Wildman–Crippen MR) is 97.5 cm³/mol. The van der Waals surface area contributed by atoms with Gasteiger partial charge in [0, 0.05) is 6.04 Å². The van der Waals surface area contributed by atoms with E-state index in [4.69, 9.17) is 10.2 Å². The Kier molecular flexibility index (Phi) is 5.03. The smallest absolute Gasteiger partial charge is 0.270 e. The lowest BCUT2D eigenvalue weighted by atomic mass is 9.90. The normalized spacial score (nSPS) is 26.3. The molecule has 1 amide bonds. The maximum absolute atomic E-state index is 12.8. The van der Waals surface area contributed by atoms with E-state index in [1.165, 1.54) is 0 Å². The largest absolute Gasteiger partial charge is 0.415 e. The van der Waals surface area contributed by atoms with Gasteiger partial charge in [0.2, 0.25) is 0 Å². The van der Waals surface area contributed by atoms with Crippen LogP contribution in [-0.2, 0) is 9.22 Å². The summed E-state index contributed by atoms with van der Waals surface area (Å²) in [6.45, 7) is 16.2. The highest BCUT2D eigenvalue weighted by atomic mass is 28.4. The fourth-order valence-electron chi connectivity index (χ4n) is 3.36. The van der Waals surface area contributed by atoms with Gasteiger partial charge >= 0.3 is 0 Å². The minimum Gasteiger partial charge on any atom is -0.415 e. The summed E-state index contributed by atoms with van der Waals surface area (Å²) in [7, 11) is -1.78. The highest BCUT2D eigenvalue weighted by Gasteiger charge is 2.44. The molecule has 23 heavy (non-hydrogen) atoms. The molecule has 5 heteroatoms. The third-order valence-electron chi connectivity index (χ3n) is 6.03. The Hall–Kier alpha value is -0.813. The average Bonchev–Trinajstić information content (AvgIpc) is 2.82. The van der Waals surface area contributed by atoms with E-state index in [-0.39, 0.29) is 17.0 Å². The van der Waals surface area contributed by atoms with Crippen LogP contribution in [0.15, 0.2) is 11.3 Å². The van der Waals surface area contributed by atoms with Crippen molar-refractivity contribution in [2.45, 2.75) is 84.1 Å². The quantitative estimate of drug-likeness (QED) is 0.796. The van der Waals surface area contributed by atoms with Crippen LogP contribution in [0.2, 0.25) is 18.1 Å². The highest BCUT2D eigenvalue weighted by molar-refractivity contribution is 6.74. The van der Waals surface area contributed by atoms with Crippen LogP contribution in [0.25, 0.3) is 0 Å². The number of rotatable bonds is 4. The van der Waals surface area contributed by atoms with Crippen LogP contribution in [0.3, 0.4) is 0 Å². The molecule has 0 aromatic heterocycles. The van der Waals surface area contributed by atoms with Crippen LogP contribution in [-0.4, -0.2) is 37.8 Å². The van der Waals surface area contributed by atoms with Crippen molar-refractivity contribution in [1.82, 2.24) is 4.90 Å². The van der Waals surface area contributed by atoms with E-state index in [0.717, 1.165) is 24.8 Å². The molecule has 0 aliphatic carbocycles. The standard InChI is InChI=1S/C18H34N2O2Si/c1-12(2)15-10-13-8-9-14(20(13)17(21)16(15)19)11-22-23(6,7)18(3,4)5/h12-14H,8-11,19H2,1-7H3/t13-,14-/m0/s1. The van der Waals surface area contributed by atoms with Crippen LogP contribution < -0.4 is 5.73 Å². The van der Waals surface area contributed by atoms with Crippen molar-refractivity contribution in [3.8, 4) is 0 Å². The molecular formula is C18H34N2O2Si. The second-order valence-electron chi connectivity index (χ2n) is 8.97. The van der Waals surface area contributed by atoms with Gasteiger partial charge in [0.1, 0.15) is 0 Å². The molecule has 2 rings (SSSR count). The van der Waals surface area contributed by atoms with E-state index < -0.39 is 8.32 Å². The number of hydrogen-bond acceptors (Lipinski definition) is 3. The Morgan fingerprint density at radius 1 is 1.30 bits per heavy atom. The SMILES string of the molecule is CC(C)C1=C(N)C(=O)N2[C@H](CO[Si](C)(C)C(C)(C)C)CC[C@H]2C1. The van der Waals surface area contributed by atoms with Crippen LogP contribution in [0.4, 0.5) is 0 Å². The highest BCUT2D eigenvalue weighted by Crippen LogP contribution is 2.39. The summed E-state index contributed by atoms with van der Waals surface area (Å²) < 4.78 is 6.37. The van der Waals surface area contributed by atoms with Crippen molar-refractivity contribution in [2.75, 3.05) is 6.61 Å². The summed E-state index contributed by atoms with van der Waals surface area (Å²) in [6, 6.07) is 0.508. The first kappa shape index (κ1) is 18.5. The Morgan fingerprint density at radius 3 is 2.43 bits per heavy atom. The fraction of sp³-hybridized carbons (Fsp3) is 0.833. The number of nitrogens with zero attached hydrogens (tertiary/aromatic N) is 1. The van der Waals surface area contributed by atoms with E-state index in [2.05, 4.69) is 47.7 Å². The molecule has 2 N–H and O–H groups in total. The van der Waals surface area contributed by atoms with Gasteiger partial charge in [0.15, 0.2) is 8.32 Å². The molecule has 0 spiro atoms. The molecule has 0 radical (unpaired) electrons. The zero-order valence-corrected chi connectivity index (χ0v) is 16.9. The lowest BCUT2D eigenvalue weighted by Gasteiger charge is -2.40. The van der Waals surface area contributed by atoms with Crippen molar-refractivity contribution in [1.29, 1.82) is 0 Å². The average molecular weight is 339 g/mol. The Morgan fingerprint density at radius 2 is 1.91 bits per heavy atom. The number of carbonyl (C=O) groups is 1. The summed E-state index contributed by atoms with van der Waals surface area (Å²) in [6.07, 6.45) is 3.04. The first-order valence-electron chi connectivity index (χ1n) is 8.91. The molecule has 0 aromatic rings. The number of amides is 1. The molecule has 132 valence electrons. The fourth-order valence-corrected chi connectivity index (χ4v) is 4.41. The van der Waals surface area contributed by atoms with Crippen molar-refractivity contribution < 1.29 is 9.22 Å². The summed E-state index contributed by atoms with van der Waals surface area (Å²) in [5, 5.41) is 0.195. The third-order valence-corrected chi connectivity index (χ3v) is 10.5. The van der Waals surface area contributed by atoms with Crippen LogP contribution in [0.5, 0.6) is 0 Å². The second kappa shape index (κ2) is 6.24. The van der Waals surface area contributed by atoms with Crippen LogP contribution in [0.1, 0.15) is 53.9 Å². The molecule has 0 aromatic carbocycles. The maximum atomic E-state index is 12.8. The van der Waals surface area contributed by atoms with Crippen molar-refractivity contribution in [2.24, 2.45) is 11.7 Å². The lowest BCUT2D eigenvalue weighted by Crippen LogP contribution is -2.51. The zero-order valence-electron chi connectivity index (χ0n) is 15.9.